The summed E-state index contributed by atoms with van der Waals surface area (Å²) in [7, 11) is 1.95. The molecule has 0 fully saturated rings. The second-order valence-electron chi connectivity index (χ2n) is 3.85. The van der Waals surface area contributed by atoms with Gasteiger partial charge >= 0.3 is 5.97 Å². The minimum Gasteiger partial charge on any atom is -0.481 e. The Morgan fingerprint density at radius 1 is 1.50 bits per heavy atom. The molecule has 3 nitrogen and oxygen atoms in total. The lowest BCUT2D eigenvalue weighted by Crippen LogP contribution is -2.19. The van der Waals surface area contributed by atoms with E-state index in [0.29, 0.717) is 6.42 Å². The molecule has 1 rings (SSSR count). The molecule has 16 heavy (non-hydrogen) atoms. The Morgan fingerprint density at radius 3 is 2.75 bits per heavy atom. The van der Waals surface area contributed by atoms with E-state index in [1.54, 1.807) is 0 Å². The zero-order valence-corrected chi connectivity index (χ0v) is 10.3. The van der Waals surface area contributed by atoms with Crippen LogP contribution in [0.2, 0.25) is 5.02 Å². The molecule has 4 heteroatoms. The van der Waals surface area contributed by atoms with Gasteiger partial charge in [-0.15, -0.1) is 0 Å². The minimum atomic E-state index is -0.749. The van der Waals surface area contributed by atoms with Crippen LogP contribution in [-0.4, -0.2) is 24.7 Å². The highest BCUT2D eigenvalue weighted by molar-refractivity contribution is 6.31. The topological polar surface area (TPSA) is 40.5 Å². The van der Waals surface area contributed by atoms with Gasteiger partial charge in [-0.25, -0.2) is 0 Å². The Morgan fingerprint density at radius 2 is 2.19 bits per heavy atom. The van der Waals surface area contributed by atoms with Crippen LogP contribution in [0, 0.1) is 6.92 Å². The second kappa shape index (κ2) is 5.75. The molecule has 1 aromatic rings. The molecule has 88 valence electrons. The summed E-state index contributed by atoms with van der Waals surface area (Å²) in [6.07, 6.45) is 0.852. The smallest absolute Gasteiger partial charge is 0.303 e. The van der Waals surface area contributed by atoms with Crippen LogP contribution >= 0.6 is 11.6 Å². The van der Waals surface area contributed by atoms with Crippen LogP contribution < -0.4 is 4.90 Å². The van der Waals surface area contributed by atoms with E-state index in [-0.39, 0.29) is 6.42 Å². The fourth-order valence-corrected chi connectivity index (χ4v) is 1.58. The number of carboxylic acids is 1. The Hall–Kier alpha value is -1.22. The van der Waals surface area contributed by atoms with E-state index in [0.717, 1.165) is 22.8 Å². The maximum atomic E-state index is 10.4. The van der Waals surface area contributed by atoms with E-state index >= 15 is 0 Å². The Balaban J connectivity index is 2.55. The molecule has 0 saturated heterocycles. The highest BCUT2D eigenvalue weighted by Crippen LogP contribution is 2.21. The Kier molecular flexibility index (Phi) is 4.62. The molecule has 0 aliphatic rings. The molecule has 0 bridgehead atoms. The van der Waals surface area contributed by atoms with Gasteiger partial charge in [-0.05, 0) is 37.1 Å². The van der Waals surface area contributed by atoms with Gasteiger partial charge in [0, 0.05) is 30.7 Å². The zero-order chi connectivity index (χ0) is 12.1. The molecule has 0 spiro atoms. The number of carbonyl (C=O) groups is 1. The van der Waals surface area contributed by atoms with Crippen molar-refractivity contribution in [2.24, 2.45) is 0 Å². The number of carboxylic acid groups (broad SMARTS) is 1. The van der Waals surface area contributed by atoms with Crippen LogP contribution in [0.1, 0.15) is 18.4 Å². The molecule has 0 atom stereocenters. The number of benzene rings is 1. The Labute approximate surface area is 101 Å². The molecule has 0 aliphatic heterocycles. The van der Waals surface area contributed by atoms with E-state index in [1.165, 1.54) is 0 Å². The van der Waals surface area contributed by atoms with Crippen molar-refractivity contribution in [3.05, 3.63) is 28.8 Å². The number of aliphatic carboxylic acids is 1. The molecular formula is C12H16ClNO2. The average Bonchev–Trinajstić information content (AvgIpc) is 2.21. The first-order chi connectivity index (χ1) is 7.50. The van der Waals surface area contributed by atoms with Crippen LogP contribution in [-0.2, 0) is 4.79 Å². The van der Waals surface area contributed by atoms with Gasteiger partial charge in [0.25, 0.3) is 0 Å². The van der Waals surface area contributed by atoms with Crippen molar-refractivity contribution in [1.29, 1.82) is 0 Å². The van der Waals surface area contributed by atoms with Crippen molar-refractivity contribution in [3.8, 4) is 0 Å². The summed E-state index contributed by atoms with van der Waals surface area (Å²) < 4.78 is 0. The van der Waals surface area contributed by atoms with Crippen molar-refractivity contribution in [1.82, 2.24) is 0 Å². The minimum absolute atomic E-state index is 0.205. The van der Waals surface area contributed by atoms with Crippen molar-refractivity contribution < 1.29 is 9.90 Å². The van der Waals surface area contributed by atoms with Gasteiger partial charge in [-0.2, -0.15) is 0 Å². The Bertz CT molecular complexity index is 379. The predicted octanol–water partition coefficient (Wildman–Crippen LogP) is 2.95. The largest absolute Gasteiger partial charge is 0.481 e. The van der Waals surface area contributed by atoms with E-state index in [2.05, 4.69) is 0 Å². The molecule has 0 aliphatic carbocycles. The van der Waals surface area contributed by atoms with Gasteiger partial charge in [0.1, 0.15) is 0 Å². The fourth-order valence-electron chi connectivity index (χ4n) is 1.46. The predicted molar refractivity (Wildman–Crippen MR) is 66.3 cm³/mol. The van der Waals surface area contributed by atoms with E-state index < -0.39 is 5.97 Å². The normalized spacial score (nSPS) is 10.2. The highest BCUT2D eigenvalue weighted by Gasteiger charge is 2.04. The molecule has 0 aromatic heterocycles. The van der Waals surface area contributed by atoms with Gasteiger partial charge in [0.2, 0.25) is 0 Å². The van der Waals surface area contributed by atoms with Crippen LogP contribution in [0.5, 0.6) is 0 Å². The van der Waals surface area contributed by atoms with Gasteiger partial charge in [-0.3, -0.25) is 4.79 Å². The molecule has 0 unspecified atom stereocenters. The van der Waals surface area contributed by atoms with E-state index in [4.69, 9.17) is 16.7 Å². The van der Waals surface area contributed by atoms with Crippen molar-refractivity contribution in [2.75, 3.05) is 18.5 Å². The third kappa shape index (κ3) is 3.74. The van der Waals surface area contributed by atoms with Crippen molar-refractivity contribution in [2.45, 2.75) is 19.8 Å². The molecular weight excluding hydrogens is 226 g/mol. The summed E-state index contributed by atoms with van der Waals surface area (Å²) in [4.78, 5) is 12.4. The van der Waals surface area contributed by atoms with Crippen molar-refractivity contribution >= 4 is 23.3 Å². The fraction of sp³-hybridized carbons (Fsp3) is 0.417. The number of anilines is 1. The number of nitrogens with zero attached hydrogens (tertiary/aromatic N) is 1. The average molecular weight is 242 g/mol. The summed E-state index contributed by atoms with van der Waals surface area (Å²) in [5.74, 6) is -0.749. The van der Waals surface area contributed by atoms with Gasteiger partial charge < -0.3 is 10.0 Å². The van der Waals surface area contributed by atoms with Crippen molar-refractivity contribution in [3.63, 3.8) is 0 Å². The van der Waals surface area contributed by atoms with E-state index in [9.17, 15) is 4.79 Å². The highest BCUT2D eigenvalue weighted by atomic mass is 35.5. The van der Waals surface area contributed by atoms with E-state index in [1.807, 2.05) is 37.1 Å². The number of hydrogen-bond donors (Lipinski definition) is 1. The first-order valence-corrected chi connectivity index (χ1v) is 5.57. The first kappa shape index (κ1) is 12.8. The van der Waals surface area contributed by atoms with Gasteiger partial charge in [0.15, 0.2) is 0 Å². The maximum Gasteiger partial charge on any atom is 0.303 e. The SMILES string of the molecule is Cc1cc(N(C)CCCC(=O)O)ccc1Cl. The first-order valence-electron chi connectivity index (χ1n) is 5.20. The van der Waals surface area contributed by atoms with Crippen LogP contribution in [0.25, 0.3) is 0 Å². The van der Waals surface area contributed by atoms with Crippen LogP contribution in [0.4, 0.5) is 5.69 Å². The molecule has 1 aromatic carbocycles. The molecule has 0 heterocycles. The molecule has 0 amide bonds. The summed E-state index contributed by atoms with van der Waals surface area (Å²) in [5, 5.41) is 9.29. The molecule has 1 N–H and O–H groups in total. The van der Waals surface area contributed by atoms with Gasteiger partial charge in [-0.1, -0.05) is 11.6 Å². The number of rotatable bonds is 5. The summed E-state index contributed by atoms with van der Waals surface area (Å²) in [6.45, 7) is 2.68. The van der Waals surface area contributed by atoms with Crippen LogP contribution in [0.3, 0.4) is 0 Å². The van der Waals surface area contributed by atoms with Crippen LogP contribution in [0.15, 0.2) is 18.2 Å². The third-order valence-corrected chi connectivity index (χ3v) is 2.89. The number of hydrogen-bond acceptors (Lipinski definition) is 2. The standard InChI is InChI=1S/C12H16ClNO2/c1-9-8-10(5-6-11(9)13)14(2)7-3-4-12(15)16/h5-6,8H,3-4,7H2,1-2H3,(H,15,16). The second-order valence-corrected chi connectivity index (χ2v) is 4.26. The quantitative estimate of drug-likeness (QED) is 0.862. The summed E-state index contributed by atoms with van der Waals surface area (Å²) in [5.41, 5.74) is 2.09. The summed E-state index contributed by atoms with van der Waals surface area (Å²) in [6, 6.07) is 5.80. The molecule has 0 saturated carbocycles. The lowest BCUT2D eigenvalue weighted by Gasteiger charge is -2.19. The molecule has 0 radical (unpaired) electrons. The number of aryl methyl sites for hydroxylation is 1. The lowest BCUT2D eigenvalue weighted by molar-refractivity contribution is -0.137. The third-order valence-electron chi connectivity index (χ3n) is 2.47. The lowest BCUT2D eigenvalue weighted by atomic mass is 10.2. The number of halogens is 1. The monoisotopic (exact) mass is 241 g/mol. The van der Waals surface area contributed by atoms with Gasteiger partial charge in [0.05, 0.1) is 0 Å². The zero-order valence-electron chi connectivity index (χ0n) is 9.53. The maximum absolute atomic E-state index is 10.4. The summed E-state index contributed by atoms with van der Waals surface area (Å²) >= 11 is 5.94.